The number of carbonyl (C=O) groups excluding carboxylic acids is 1. The van der Waals surface area contributed by atoms with Crippen LogP contribution in [0.2, 0.25) is 6.32 Å². The van der Waals surface area contributed by atoms with Crippen LogP contribution in [-0.4, -0.2) is 54.9 Å². The van der Waals surface area contributed by atoms with Gasteiger partial charge in [-0.05, 0) is 12.0 Å². The number of likely N-dealkylation sites (tertiary alicyclic amines) is 1. The largest absolute Gasteiger partial charge is 0.480 e. The van der Waals surface area contributed by atoms with Gasteiger partial charge < -0.3 is 21.1 Å². The van der Waals surface area contributed by atoms with Crippen molar-refractivity contribution in [2.24, 2.45) is 11.7 Å². The molecule has 1 saturated heterocycles. The van der Waals surface area contributed by atoms with Gasteiger partial charge in [0.05, 0.1) is 6.54 Å². The fraction of sp³-hybridized carbons (Fsp3) is 0.529. The summed E-state index contributed by atoms with van der Waals surface area (Å²) in [5.74, 6) is -1.30. The normalized spacial score (nSPS) is 23.4. The number of hydrogen-bond acceptors (Lipinski definition) is 4. The molecule has 4 N–H and O–H groups in total. The van der Waals surface area contributed by atoms with Crippen LogP contribution in [0.25, 0.3) is 0 Å². The lowest BCUT2D eigenvalue weighted by Crippen LogP contribution is -2.55. The summed E-state index contributed by atoms with van der Waals surface area (Å²) in [6.45, 7) is 1.30. The average molecular weight is 331 g/mol. The van der Waals surface area contributed by atoms with E-state index >= 15 is 0 Å². The van der Waals surface area contributed by atoms with Crippen LogP contribution in [0.4, 0.5) is 0 Å². The molecular formula is C17H26BN3O3. The summed E-state index contributed by atoms with van der Waals surface area (Å²) in [7, 11) is 2.06. The fourth-order valence-electron chi connectivity index (χ4n) is 3.19. The second-order valence-electron chi connectivity index (χ2n) is 6.55. The number of benzene rings is 1. The zero-order valence-corrected chi connectivity index (χ0v) is 14.2. The molecule has 7 heteroatoms. The molecule has 24 heavy (non-hydrogen) atoms. The monoisotopic (exact) mass is 331 g/mol. The van der Waals surface area contributed by atoms with Crippen molar-refractivity contribution in [1.82, 2.24) is 10.2 Å². The zero-order chi connectivity index (χ0) is 17.6. The zero-order valence-electron chi connectivity index (χ0n) is 14.2. The maximum absolute atomic E-state index is 12.4. The van der Waals surface area contributed by atoms with Crippen LogP contribution in [0.15, 0.2) is 30.3 Å². The third kappa shape index (κ3) is 4.36. The predicted molar refractivity (Wildman–Crippen MR) is 95.4 cm³/mol. The first-order valence-electron chi connectivity index (χ1n) is 8.52. The minimum Gasteiger partial charge on any atom is -0.480 e. The van der Waals surface area contributed by atoms with Crippen LogP contribution in [0.5, 0.6) is 0 Å². The van der Waals surface area contributed by atoms with E-state index in [9.17, 15) is 14.7 Å². The third-order valence-corrected chi connectivity index (χ3v) is 4.73. The first kappa shape index (κ1) is 18.5. The van der Waals surface area contributed by atoms with Gasteiger partial charge in [-0.3, -0.25) is 9.59 Å². The molecule has 2 atom stereocenters. The van der Waals surface area contributed by atoms with Crippen molar-refractivity contribution in [2.75, 3.05) is 19.6 Å². The lowest BCUT2D eigenvalue weighted by Gasteiger charge is -2.25. The van der Waals surface area contributed by atoms with E-state index in [1.54, 1.807) is 4.90 Å². The van der Waals surface area contributed by atoms with Gasteiger partial charge in [-0.1, -0.05) is 43.1 Å². The Hall–Kier alpha value is -1.86. The molecule has 0 spiro atoms. The van der Waals surface area contributed by atoms with Gasteiger partial charge in [-0.25, -0.2) is 0 Å². The number of carboxylic acids is 1. The summed E-state index contributed by atoms with van der Waals surface area (Å²) in [6.07, 6.45) is 2.64. The van der Waals surface area contributed by atoms with Crippen LogP contribution < -0.4 is 11.1 Å². The van der Waals surface area contributed by atoms with Crippen LogP contribution in [-0.2, 0) is 16.1 Å². The van der Waals surface area contributed by atoms with Crippen molar-refractivity contribution >= 4 is 19.7 Å². The number of carboxylic acid groups (broad SMARTS) is 1. The van der Waals surface area contributed by atoms with Crippen molar-refractivity contribution in [3.8, 4) is 0 Å². The number of rotatable bonds is 8. The molecule has 0 radical (unpaired) electrons. The smallest absolute Gasteiger partial charge is 0.325 e. The van der Waals surface area contributed by atoms with E-state index < -0.39 is 11.5 Å². The Morgan fingerprint density at radius 1 is 1.38 bits per heavy atom. The fourth-order valence-corrected chi connectivity index (χ4v) is 3.19. The highest BCUT2D eigenvalue weighted by Crippen LogP contribution is 2.30. The molecule has 1 aliphatic rings. The van der Waals surface area contributed by atoms with Crippen LogP contribution in [0.1, 0.15) is 18.4 Å². The summed E-state index contributed by atoms with van der Waals surface area (Å²) in [5.41, 5.74) is 5.89. The Kier molecular flexibility index (Phi) is 6.40. The maximum Gasteiger partial charge on any atom is 0.325 e. The molecule has 1 aromatic rings. The molecule has 0 saturated carbocycles. The van der Waals surface area contributed by atoms with Crippen LogP contribution in [0, 0.1) is 5.92 Å². The van der Waals surface area contributed by atoms with Crippen LogP contribution >= 0.6 is 0 Å². The van der Waals surface area contributed by atoms with Gasteiger partial charge in [0.15, 0.2) is 0 Å². The van der Waals surface area contributed by atoms with Crippen molar-refractivity contribution in [3.05, 3.63) is 35.9 Å². The molecule has 1 amide bonds. The minimum absolute atomic E-state index is 0.0859. The van der Waals surface area contributed by atoms with Crippen molar-refractivity contribution in [2.45, 2.75) is 31.2 Å². The topological polar surface area (TPSA) is 95.7 Å². The van der Waals surface area contributed by atoms with Crippen molar-refractivity contribution in [3.63, 3.8) is 0 Å². The molecule has 1 aromatic carbocycles. The van der Waals surface area contributed by atoms with Crippen LogP contribution in [0.3, 0.4) is 0 Å². The van der Waals surface area contributed by atoms with Gasteiger partial charge in [0.2, 0.25) is 5.91 Å². The second kappa shape index (κ2) is 8.30. The first-order valence-corrected chi connectivity index (χ1v) is 8.52. The van der Waals surface area contributed by atoms with Crippen molar-refractivity contribution < 1.29 is 14.7 Å². The summed E-state index contributed by atoms with van der Waals surface area (Å²) in [4.78, 5) is 25.6. The van der Waals surface area contributed by atoms with Crippen molar-refractivity contribution in [1.29, 1.82) is 0 Å². The summed E-state index contributed by atoms with van der Waals surface area (Å²) in [5, 5.41) is 12.6. The quantitative estimate of drug-likeness (QED) is 0.576. The summed E-state index contributed by atoms with van der Waals surface area (Å²) in [6, 6.07) is 9.83. The molecule has 1 aliphatic heterocycles. The highest BCUT2D eigenvalue weighted by atomic mass is 16.4. The van der Waals surface area contributed by atoms with Gasteiger partial charge in [0.25, 0.3) is 0 Å². The number of nitrogens with one attached hydrogen (secondary N) is 1. The molecule has 0 bridgehead atoms. The molecule has 0 aliphatic carbocycles. The summed E-state index contributed by atoms with van der Waals surface area (Å²) >= 11 is 0. The molecule has 2 rings (SSSR count). The molecule has 0 aromatic heterocycles. The Bertz CT molecular complexity index is 569. The molecular weight excluding hydrogens is 305 g/mol. The highest BCUT2D eigenvalue weighted by molar-refractivity contribution is 6.08. The molecule has 6 nitrogen and oxygen atoms in total. The number of hydrogen-bond donors (Lipinski definition) is 3. The molecule has 1 fully saturated rings. The van der Waals surface area contributed by atoms with Gasteiger partial charge >= 0.3 is 5.97 Å². The van der Waals surface area contributed by atoms with E-state index in [1.807, 2.05) is 30.3 Å². The molecule has 1 heterocycles. The van der Waals surface area contributed by atoms with E-state index in [1.165, 1.54) is 0 Å². The van der Waals surface area contributed by atoms with E-state index in [2.05, 4.69) is 13.2 Å². The number of nitrogens with two attached hydrogens (primary N) is 1. The highest BCUT2D eigenvalue weighted by Gasteiger charge is 2.50. The average Bonchev–Trinajstić information content (AvgIpc) is 2.92. The SMILES string of the molecule is BCCCC1CN(C(=O)CNCc2ccccc2)CC1(N)C(=O)O. The Morgan fingerprint density at radius 2 is 2.08 bits per heavy atom. The Balaban J connectivity index is 1.89. The Labute approximate surface area is 143 Å². The van der Waals surface area contributed by atoms with E-state index in [4.69, 9.17) is 5.73 Å². The number of aliphatic carboxylic acids is 1. The third-order valence-electron chi connectivity index (χ3n) is 4.73. The number of amides is 1. The number of nitrogens with zero attached hydrogens (tertiary/aromatic N) is 1. The lowest BCUT2D eigenvalue weighted by atomic mass is 9.83. The van der Waals surface area contributed by atoms with E-state index in [-0.39, 0.29) is 24.9 Å². The predicted octanol–water partition coefficient (Wildman–Crippen LogP) is -0.152. The standard InChI is InChI=1S/C17H26BN3O3/c18-8-4-7-14-11-21(12-17(14,19)16(23)24)15(22)10-20-9-13-5-2-1-3-6-13/h1-3,5-6,14,20H,4,7-12,18-19H2,(H,23,24). The minimum atomic E-state index is -1.33. The summed E-state index contributed by atoms with van der Waals surface area (Å²) < 4.78 is 0. The maximum atomic E-state index is 12.4. The molecule has 130 valence electrons. The number of carbonyl (C=O) groups is 2. The lowest BCUT2D eigenvalue weighted by molar-refractivity contribution is -0.144. The first-order chi connectivity index (χ1) is 11.5. The van der Waals surface area contributed by atoms with Gasteiger partial charge in [0.1, 0.15) is 13.4 Å². The second-order valence-corrected chi connectivity index (χ2v) is 6.55. The van der Waals surface area contributed by atoms with Gasteiger partial charge in [0, 0.05) is 25.6 Å². The van der Waals surface area contributed by atoms with E-state index in [0.29, 0.717) is 13.1 Å². The van der Waals surface area contributed by atoms with Gasteiger partial charge in [-0.15, -0.1) is 0 Å². The van der Waals surface area contributed by atoms with Gasteiger partial charge in [-0.2, -0.15) is 0 Å². The Morgan fingerprint density at radius 3 is 2.71 bits per heavy atom. The van der Waals surface area contributed by atoms with E-state index in [0.717, 1.165) is 24.7 Å². The molecule has 2 unspecified atom stereocenters.